The molecule has 2 N–H and O–H groups in total. The summed E-state index contributed by atoms with van der Waals surface area (Å²) >= 11 is 3.10. The van der Waals surface area contributed by atoms with E-state index in [9.17, 15) is 19.7 Å². The lowest BCUT2D eigenvalue weighted by atomic mass is 10.0. The predicted octanol–water partition coefficient (Wildman–Crippen LogP) is 3.27. The molecule has 0 radical (unpaired) electrons. The first kappa shape index (κ1) is 23.0. The molecular weight excluding hydrogens is 456 g/mol. The number of nitrogens with one attached hydrogen (secondary N) is 2. The van der Waals surface area contributed by atoms with Crippen molar-refractivity contribution in [2.75, 3.05) is 7.11 Å². The van der Waals surface area contributed by atoms with Crippen LogP contribution in [0.2, 0.25) is 0 Å². The molecule has 0 aliphatic heterocycles. The average Bonchev–Trinajstić information content (AvgIpc) is 2.72. The quantitative estimate of drug-likeness (QED) is 0.343. The summed E-state index contributed by atoms with van der Waals surface area (Å²) < 4.78 is 5.40. The molecule has 2 aromatic carbocycles. The number of rotatable bonds is 8. The molecule has 1 atom stereocenters. The van der Waals surface area contributed by atoms with Crippen LogP contribution in [0.4, 0.5) is 5.69 Å². The lowest BCUT2D eigenvalue weighted by Crippen LogP contribution is -2.48. The van der Waals surface area contributed by atoms with Gasteiger partial charge in [0.1, 0.15) is 11.8 Å². The van der Waals surface area contributed by atoms with E-state index < -0.39 is 22.8 Å². The fourth-order valence-corrected chi connectivity index (χ4v) is 2.88. The number of nitro groups is 1. The molecule has 0 aromatic heterocycles. The minimum atomic E-state index is -0.823. The number of carbonyl (C=O) groups excluding carboxylic acids is 2. The number of nitrogens with zero attached hydrogens (tertiary/aromatic N) is 2. The SMILES string of the molecule is COc1ccc(C(=O)NC(C(=O)NN=Cc2ccc(Br)c([N+](=O)[O-])c2)C(C)C)cc1. The van der Waals surface area contributed by atoms with Crippen LogP contribution in [0.3, 0.4) is 0 Å². The van der Waals surface area contributed by atoms with E-state index in [2.05, 4.69) is 31.8 Å². The van der Waals surface area contributed by atoms with E-state index in [4.69, 9.17) is 4.74 Å². The molecule has 2 rings (SSSR count). The summed E-state index contributed by atoms with van der Waals surface area (Å²) in [6.07, 6.45) is 1.29. The number of carbonyl (C=O) groups is 2. The number of hydrazone groups is 1. The normalized spacial score (nSPS) is 11.9. The van der Waals surface area contributed by atoms with E-state index >= 15 is 0 Å². The molecule has 0 aliphatic rings. The predicted molar refractivity (Wildman–Crippen MR) is 116 cm³/mol. The van der Waals surface area contributed by atoms with Crippen LogP contribution >= 0.6 is 15.9 Å². The van der Waals surface area contributed by atoms with Crippen LogP contribution < -0.4 is 15.5 Å². The Labute approximate surface area is 181 Å². The number of benzene rings is 2. The molecule has 0 fully saturated rings. The third kappa shape index (κ3) is 6.11. The lowest BCUT2D eigenvalue weighted by molar-refractivity contribution is -0.385. The third-order valence-electron chi connectivity index (χ3n) is 4.14. The first-order valence-corrected chi connectivity index (χ1v) is 9.74. The van der Waals surface area contributed by atoms with E-state index in [-0.39, 0.29) is 11.6 Å². The van der Waals surface area contributed by atoms with Gasteiger partial charge in [0.15, 0.2) is 0 Å². The molecule has 2 aromatic rings. The fraction of sp³-hybridized carbons (Fsp3) is 0.250. The van der Waals surface area contributed by atoms with Crippen molar-refractivity contribution in [2.24, 2.45) is 11.0 Å². The fourth-order valence-electron chi connectivity index (χ4n) is 2.49. The standard InChI is InChI=1S/C20H21BrN4O5/c1-12(2)18(23-19(26)14-5-7-15(30-3)8-6-14)20(27)24-22-11-13-4-9-16(21)17(10-13)25(28)29/h4-12,18H,1-3H3,(H,23,26)(H,24,27). The third-order valence-corrected chi connectivity index (χ3v) is 4.81. The van der Waals surface area contributed by atoms with Crippen molar-refractivity contribution in [3.63, 3.8) is 0 Å². The van der Waals surface area contributed by atoms with Crippen molar-refractivity contribution in [3.05, 3.63) is 68.2 Å². The Morgan fingerprint density at radius 3 is 2.43 bits per heavy atom. The van der Waals surface area contributed by atoms with Crippen LogP contribution in [0.25, 0.3) is 0 Å². The molecule has 9 nitrogen and oxygen atoms in total. The number of ether oxygens (including phenoxy) is 1. The van der Waals surface area contributed by atoms with Gasteiger partial charge in [-0.1, -0.05) is 19.9 Å². The first-order chi connectivity index (χ1) is 14.2. The molecule has 0 bridgehead atoms. The molecule has 0 spiro atoms. The smallest absolute Gasteiger partial charge is 0.284 e. The summed E-state index contributed by atoms with van der Waals surface area (Å²) in [5.74, 6) is -0.489. The Morgan fingerprint density at radius 2 is 1.87 bits per heavy atom. The van der Waals surface area contributed by atoms with Crippen LogP contribution in [-0.4, -0.2) is 36.1 Å². The topological polar surface area (TPSA) is 123 Å². The highest BCUT2D eigenvalue weighted by Gasteiger charge is 2.24. The highest BCUT2D eigenvalue weighted by atomic mass is 79.9. The van der Waals surface area contributed by atoms with Gasteiger partial charge < -0.3 is 10.1 Å². The maximum Gasteiger partial charge on any atom is 0.284 e. The zero-order valence-electron chi connectivity index (χ0n) is 16.6. The highest BCUT2D eigenvalue weighted by Crippen LogP contribution is 2.24. The minimum Gasteiger partial charge on any atom is -0.497 e. The van der Waals surface area contributed by atoms with Crippen molar-refractivity contribution in [3.8, 4) is 5.75 Å². The molecule has 1 unspecified atom stereocenters. The zero-order chi connectivity index (χ0) is 22.3. The van der Waals surface area contributed by atoms with Crippen LogP contribution in [0.1, 0.15) is 29.8 Å². The van der Waals surface area contributed by atoms with Crippen molar-refractivity contribution >= 4 is 39.6 Å². The van der Waals surface area contributed by atoms with Crippen LogP contribution in [0.5, 0.6) is 5.75 Å². The molecule has 158 valence electrons. The van der Waals surface area contributed by atoms with E-state index in [1.807, 2.05) is 0 Å². The van der Waals surface area contributed by atoms with Crippen molar-refractivity contribution in [2.45, 2.75) is 19.9 Å². The second-order valence-electron chi connectivity index (χ2n) is 6.63. The van der Waals surface area contributed by atoms with Gasteiger partial charge in [0.25, 0.3) is 17.5 Å². The van der Waals surface area contributed by atoms with E-state index in [0.717, 1.165) is 0 Å². The Balaban J connectivity index is 2.04. The Bertz CT molecular complexity index is 960. The maximum atomic E-state index is 12.5. The second-order valence-corrected chi connectivity index (χ2v) is 7.48. The average molecular weight is 477 g/mol. The molecule has 0 saturated heterocycles. The largest absolute Gasteiger partial charge is 0.497 e. The summed E-state index contributed by atoms with van der Waals surface area (Å²) in [4.78, 5) is 35.4. The molecule has 0 heterocycles. The summed E-state index contributed by atoms with van der Waals surface area (Å²) in [6.45, 7) is 3.58. The van der Waals surface area contributed by atoms with E-state index in [1.165, 1.54) is 25.5 Å². The van der Waals surface area contributed by atoms with Gasteiger partial charge >= 0.3 is 0 Å². The van der Waals surface area contributed by atoms with Gasteiger partial charge in [0, 0.05) is 17.2 Å². The molecule has 0 aliphatic carbocycles. The number of hydrogen-bond acceptors (Lipinski definition) is 6. The van der Waals surface area contributed by atoms with Gasteiger partial charge in [-0.25, -0.2) is 5.43 Å². The molecule has 0 saturated carbocycles. The number of nitro benzene ring substituents is 1. The van der Waals surface area contributed by atoms with Gasteiger partial charge in [-0.15, -0.1) is 0 Å². The molecular formula is C20H21BrN4O5. The number of amides is 2. The van der Waals surface area contributed by atoms with E-state index in [0.29, 0.717) is 21.3 Å². The van der Waals surface area contributed by atoms with E-state index in [1.54, 1.807) is 44.2 Å². The number of methoxy groups -OCH3 is 1. The number of halogens is 1. The second kappa shape index (κ2) is 10.5. The maximum absolute atomic E-state index is 12.5. The van der Waals surface area contributed by atoms with Gasteiger partial charge in [0.05, 0.1) is 22.7 Å². The van der Waals surface area contributed by atoms with Crippen molar-refractivity contribution < 1.29 is 19.2 Å². The van der Waals surface area contributed by atoms with Gasteiger partial charge in [-0.3, -0.25) is 19.7 Å². The minimum absolute atomic E-state index is 0.114. The van der Waals surface area contributed by atoms with Gasteiger partial charge in [-0.05, 0) is 52.2 Å². The highest BCUT2D eigenvalue weighted by molar-refractivity contribution is 9.10. The zero-order valence-corrected chi connectivity index (χ0v) is 18.2. The molecule has 30 heavy (non-hydrogen) atoms. The summed E-state index contributed by atoms with van der Waals surface area (Å²) in [6, 6.07) is 10.1. The van der Waals surface area contributed by atoms with Crippen molar-refractivity contribution in [1.29, 1.82) is 0 Å². The lowest BCUT2D eigenvalue weighted by Gasteiger charge is -2.20. The number of hydrogen-bond donors (Lipinski definition) is 2. The van der Waals surface area contributed by atoms with Crippen molar-refractivity contribution in [1.82, 2.24) is 10.7 Å². The van der Waals surface area contributed by atoms with Crippen LogP contribution in [-0.2, 0) is 4.79 Å². The Morgan fingerprint density at radius 1 is 1.20 bits per heavy atom. The van der Waals surface area contributed by atoms with Crippen LogP contribution in [0.15, 0.2) is 52.0 Å². The summed E-state index contributed by atoms with van der Waals surface area (Å²) in [5, 5.41) is 17.5. The molecule has 2 amide bonds. The summed E-state index contributed by atoms with van der Waals surface area (Å²) in [5.41, 5.74) is 3.08. The Kier molecular flexibility index (Phi) is 8.05. The Hall–Kier alpha value is -3.27. The van der Waals surface area contributed by atoms with Gasteiger partial charge in [0.2, 0.25) is 0 Å². The summed E-state index contributed by atoms with van der Waals surface area (Å²) in [7, 11) is 1.53. The van der Waals surface area contributed by atoms with Gasteiger partial charge in [-0.2, -0.15) is 5.10 Å². The first-order valence-electron chi connectivity index (χ1n) is 8.94. The monoisotopic (exact) mass is 476 g/mol. The molecule has 10 heteroatoms. The van der Waals surface area contributed by atoms with Crippen LogP contribution in [0, 0.1) is 16.0 Å².